The highest BCUT2D eigenvalue weighted by atomic mass is 32.1. The molecule has 0 saturated carbocycles. The molecule has 7 nitrogen and oxygen atoms in total. The maximum Gasteiger partial charge on any atom is 0.315 e. The summed E-state index contributed by atoms with van der Waals surface area (Å²) in [5.74, 6) is -0.695. The molecule has 156 valence electrons. The van der Waals surface area contributed by atoms with Gasteiger partial charge in [-0.15, -0.1) is 10.2 Å². The van der Waals surface area contributed by atoms with Gasteiger partial charge < -0.3 is 10.6 Å². The summed E-state index contributed by atoms with van der Waals surface area (Å²) in [6.07, 6.45) is 1.18. The van der Waals surface area contributed by atoms with Gasteiger partial charge in [0.05, 0.1) is 0 Å². The van der Waals surface area contributed by atoms with Crippen LogP contribution in [-0.4, -0.2) is 28.2 Å². The highest BCUT2D eigenvalue weighted by molar-refractivity contribution is 7.18. The van der Waals surface area contributed by atoms with Gasteiger partial charge in [0.25, 0.3) is 0 Å². The lowest BCUT2D eigenvalue weighted by Crippen LogP contribution is -2.47. The van der Waals surface area contributed by atoms with E-state index in [-0.39, 0.29) is 18.3 Å². The molecule has 0 aliphatic heterocycles. The minimum Gasteiger partial charge on any atom is -0.334 e. The van der Waals surface area contributed by atoms with Gasteiger partial charge in [0.2, 0.25) is 11.0 Å². The first-order valence-electron chi connectivity index (χ1n) is 9.53. The summed E-state index contributed by atoms with van der Waals surface area (Å²) in [7, 11) is 0. The molecular formula is C21H22FN5O2S. The Morgan fingerprint density at radius 3 is 2.50 bits per heavy atom. The van der Waals surface area contributed by atoms with E-state index in [0.29, 0.717) is 23.0 Å². The van der Waals surface area contributed by atoms with E-state index in [9.17, 15) is 14.0 Å². The Bertz CT molecular complexity index is 979. The maximum absolute atomic E-state index is 13.0. The van der Waals surface area contributed by atoms with Crippen LogP contribution in [0.2, 0.25) is 0 Å². The Morgan fingerprint density at radius 1 is 1.07 bits per heavy atom. The van der Waals surface area contributed by atoms with Crippen LogP contribution in [0.3, 0.4) is 0 Å². The molecule has 3 amide bonds. The largest absolute Gasteiger partial charge is 0.334 e. The molecule has 0 aliphatic rings. The number of benzene rings is 2. The monoisotopic (exact) mass is 427 g/mol. The molecule has 2 aromatic carbocycles. The van der Waals surface area contributed by atoms with E-state index in [1.165, 1.54) is 23.5 Å². The van der Waals surface area contributed by atoms with Crippen LogP contribution < -0.4 is 16.0 Å². The number of carbonyl (C=O) groups excluding carboxylic acids is 2. The van der Waals surface area contributed by atoms with Gasteiger partial charge in [-0.25, -0.2) is 9.18 Å². The van der Waals surface area contributed by atoms with Crippen LogP contribution in [0.5, 0.6) is 0 Å². The van der Waals surface area contributed by atoms with E-state index in [1.807, 2.05) is 37.3 Å². The lowest BCUT2D eigenvalue weighted by Gasteiger charge is -2.17. The van der Waals surface area contributed by atoms with Crippen LogP contribution in [0.1, 0.15) is 25.3 Å². The number of nitrogens with one attached hydrogen (secondary N) is 3. The molecule has 1 heterocycles. The molecule has 3 aromatic rings. The highest BCUT2D eigenvalue weighted by Gasteiger charge is 2.21. The Hall–Kier alpha value is -3.33. The molecule has 1 atom stereocenters. The Kier molecular flexibility index (Phi) is 7.45. The quantitative estimate of drug-likeness (QED) is 0.507. The van der Waals surface area contributed by atoms with Gasteiger partial charge in [-0.1, -0.05) is 67.1 Å². The number of nitrogens with zero attached hydrogens (tertiary/aromatic N) is 2. The Labute approximate surface area is 177 Å². The van der Waals surface area contributed by atoms with E-state index in [4.69, 9.17) is 0 Å². The van der Waals surface area contributed by atoms with Crippen molar-refractivity contribution in [3.8, 4) is 10.6 Å². The molecule has 0 spiro atoms. The van der Waals surface area contributed by atoms with Crippen molar-refractivity contribution in [3.05, 3.63) is 66.0 Å². The molecule has 9 heteroatoms. The van der Waals surface area contributed by atoms with Crippen molar-refractivity contribution in [2.45, 2.75) is 32.4 Å². The molecule has 0 saturated heterocycles. The fourth-order valence-corrected chi connectivity index (χ4v) is 3.47. The third kappa shape index (κ3) is 6.08. The van der Waals surface area contributed by atoms with Crippen LogP contribution in [0.25, 0.3) is 10.6 Å². The summed E-state index contributed by atoms with van der Waals surface area (Å²) < 4.78 is 13.0. The molecule has 0 aliphatic carbocycles. The van der Waals surface area contributed by atoms with Crippen LogP contribution in [-0.2, 0) is 11.3 Å². The van der Waals surface area contributed by atoms with Crippen molar-refractivity contribution in [2.75, 3.05) is 5.32 Å². The fourth-order valence-electron chi connectivity index (χ4n) is 2.71. The van der Waals surface area contributed by atoms with Gasteiger partial charge in [0, 0.05) is 12.1 Å². The average Bonchev–Trinajstić information content (AvgIpc) is 3.22. The topological polar surface area (TPSA) is 96.0 Å². The molecule has 1 aromatic heterocycles. The molecule has 0 fully saturated rings. The summed E-state index contributed by atoms with van der Waals surface area (Å²) in [5, 5.41) is 17.3. The fraction of sp³-hybridized carbons (Fsp3) is 0.238. The summed E-state index contributed by atoms with van der Waals surface area (Å²) in [6, 6.07) is 14.2. The van der Waals surface area contributed by atoms with Crippen LogP contribution in [0, 0.1) is 5.82 Å². The summed E-state index contributed by atoms with van der Waals surface area (Å²) in [5.41, 5.74) is 1.67. The molecule has 0 radical (unpaired) electrons. The van der Waals surface area contributed by atoms with Crippen LogP contribution >= 0.6 is 11.3 Å². The number of hydrogen-bond donors (Lipinski definition) is 3. The van der Waals surface area contributed by atoms with E-state index in [0.717, 1.165) is 11.1 Å². The van der Waals surface area contributed by atoms with E-state index < -0.39 is 12.1 Å². The second kappa shape index (κ2) is 10.4. The average molecular weight is 428 g/mol. The zero-order valence-electron chi connectivity index (χ0n) is 16.4. The van der Waals surface area contributed by atoms with Crippen molar-refractivity contribution >= 4 is 28.4 Å². The third-order valence-electron chi connectivity index (χ3n) is 4.24. The van der Waals surface area contributed by atoms with Crippen LogP contribution in [0.15, 0.2) is 54.6 Å². The minimum atomic E-state index is -0.715. The third-order valence-corrected chi connectivity index (χ3v) is 5.13. The summed E-state index contributed by atoms with van der Waals surface area (Å²) in [4.78, 5) is 24.9. The molecule has 0 bridgehead atoms. The van der Waals surface area contributed by atoms with Gasteiger partial charge in [-0.05, 0) is 24.1 Å². The summed E-state index contributed by atoms with van der Waals surface area (Å²) in [6.45, 7) is 2.15. The molecule has 3 rings (SSSR count). The van der Waals surface area contributed by atoms with Gasteiger partial charge in [-0.3, -0.25) is 10.1 Å². The number of aromatic nitrogens is 2. The van der Waals surface area contributed by atoms with Gasteiger partial charge in [0.15, 0.2) is 0 Å². The van der Waals surface area contributed by atoms with Crippen molar-refractivity contribution < 1.29 is 14.0 Å². The van der Waals surface area contributed by atoms with Gasteiger partial charge in [-0.2, -0.15) is 0 Å². The first-order chi connectivity index (χ1) is 14.5. The second-order valence-corrected chi connectivity index (χ2v) is 7.54. The Balaban J connectivity index is 1.55. The van der Waals surface area contributed by atoms with Crippen molar-refractivity contribution in [1.82, 2.24) is 20.8 Å². The van der Waals surface area contributed by atoms with Crippen molar-refractivity contribution in [1.29, 1.82) is 0 Å². The Morgan fingerprint density at radius 2 is 1.80 bits per heavy atom. The SMILES string of the molecule is CCCC(NC(=O)NCc1ccc(F)cc1)C(=O)Nc1nnc(-c2ccccc2)s1. The number of anilines is 1. The highest BCUT2D eigenvalue weighted by Crippen LogP contribution is 2.26. The van der Waals surface area contributed by atoms with Gasteiger partial charge >= 0.3 is 6.03 Å². The second-order valence-electron chi connectivity index (χ2n) is 6.56. The van der Waals surface area contributed by atoms with E-state index in [1.54, 1.807) is 12.1 Å². The lowest BCUT2D eigenvalue weighted by molar-refractivity contribution is -0.118. The smallest absolute Gasteiger partial charge is 0.315 e. The summed E-state index contributed by atoms with van der Waals surface area (Å²) >= 11 is 1.26. The predicted octanol–water partition coefficient (Wildman–Crippen LogP) is 3.95. The number of carbonyl (C=O) groups is 2. The standard InChI is InChI=1S/C21H22FN5O2S/c1-2-6-17(24-20(29)23-13-14-9-11-16(22)12-10-14)18(28)25-21-27-26-19(30-21)15-7-4-3-5-8-15/h3-5,7-12,17H,2,6,13H2,1H3,(H2,23,24,29)(H,25,27,28). The number of urea groups is 1. The van der Waals surface area contributed by atoms with Crippen LogP contribution in [0.4, 0.5) is 14.3 Å². The van der Waals surface area contributed by atoms with E-state index in [2.05, 4.69) is 26.1 Å². The predicted molar refractivity (Wildman–Crippen MR) is 114 cm³/mol. The normalized spacial score (nSPS) is 11.5. The molecule has 30 heavy (non-hydrogen) atoms. The van der Waals surface area contributed by atoms with Crippen molar-refractivity contribution in [2.24, 2.45) is 0 Å². The first kappa shape index (κ1) is 21.4. The zero-order chi connectivity index (χ0) is 21.3. The molecule has 3 N–H and O–H groups in total. The number of rotatable bonds is 8. The van der Waals surface area contributed by atoms with E-state index >= 15 is 0 Å². The number of halogens is 1. The maximum atomic E-state index is 13.0. The minimum absolute atomic E-state index is 0.226. The first-order valence-corrected chi connectivity index (χ1v) is 10.4. The molecular weight excluding hydrogens is 405 g/mol. The zero-order valence-corrected chi connectivity index (χ0v) is 17.2. The number of hydrogen-bond acceptors (Lipinski definition) is 5. The molecule has 1 unspecified atom stereocenters. The number of amides is 3. The van der Waals surface area contributed by atoms with Crippen molar-refractivity contribution in [3.63, 3.8) is 0 Å². The lowest BCUT2D eigenvalue weighted by atomic mass is 10.1. The van der Waals surface area contributed by atoms with Gasteiger partial charge in [0.1, 0.15) is 16.9 Å².